The summed E-state index contributed by atoms with van der Waals surface area (Å²) in [5, 5.41) is 5.39. The van der Waals surface area contributed by atoms with Crippen LogP contribution < -0.4 is 15.4 Å². The molecule has 2 aromatic carbocycles. The smallest absolute Gasteiger partial charge is 0.258 e. The number of aryl methyl sites for hydroxylation is 1. The van der Waals surface area contributed by atoms with Crippen molar-refractivity contribution < 1.29 is 14.3 Å². The quantitative estimate of drug-likeness (QED) is 0.813. The number of para-hydroxylation sites is 1. The Bertz CT molecular complexity index is 724. The van der Waals surface area contributed by atoms with Gasteiger partial charge in [-0.1, -0.05) is 49.7 Å². The molecule has 0 saturated carbocycles. The second-order valence-corrected chi connectivity index (χ2v) is 6.17. The average Bonchev–Trinajstić information content (AvgIpc) is 2.59. The van der Waals surface area contributed by atoms with E-state index in [2.05, 4.69) is 24.5 Å². The van der Waals surface area contributed by atoms with Crippen LogP contribution in [0.25, 0.3) is 0 Å². The van der Waals surface area contributed by atoms with Crippen LogP contribution in [0.3, 0.4) is 0 Å². The van der Waals surface area contributed by atoms with Gasteiger partial charge in [-0.3, -0.25) is 9.59 Å². The molecule has 0 aliphatic heterocycles. The Morgan fingerprint density at radius 2 is 1.68 bits per heavy atom. The number of rotatable bonds is 7. The summed E-state index contributed by atoms with van der Waals surface area (Å²) in [5.74, 6) is 0.315. The van der Waals surface area contributed by atoms with Crippen molar-refractivity contribution in [3.8, 4) is 5.75 Å². The first-order valence-electron chi connectivity index (χ1n) is 8.30. The number of benzene rings is 2. The number of carbonyl (C=O) groups excluding carboxylic acids is 2. The van der Waals surface area contributed by atoms with Crippen LogP contribution in [0.5, 0.6) is 5.75 Å². The highest BCUT2D eigenvalue weighted by Crippen LogP contribution is 2.23. The van der Waals surface area contributed by atoms with Crippen LogP contribution in [0.15, 0.2) is 48.5 Å². The third-order valence-electron chi connectivity index (χ3n) is 3.69. The largest absolute Gasteiger partial charge is 0.484 e. The second kappa shape index (κ2) is 8.87. The lowest BCUT2D eigenvalue weighted by molar-refractivity contribution is -0.125. The minimum Gasteiger partial charge on any atom is -0.484 e. The molecular weight excluding hydrogens is 316 g/mol. The molecule has 5 nitrogen and oxygen atoms in total. The van der Waals surface area contributed by atoms with Crippen molar-refractivity contribution >= 4 is 17.5 Å². The van der Waals surface area contributed by atoms with Gasteiger partial charge in [0.1, 0.15) is 5.75 Å². The fourth-order valence-corrected chi connectivity index (χ4v) is 2.32. The number of hydrogen-bond donors (Lipinski definition) is 2. The molecule has 2 rings (SSSR count). The molecule has 25 heavy (non-hydrogen) atoms. The number of carbonyl (C=O) groups is 2. The molecular formula is C20H24N2O3. The van der Waals surface area contributed by atoms with Gasteiger partial charge in [-0.2, -0.15) is 0 Å². The molecule has 0 bridgehead atoms. The third-order valence-corrected chi connectivity index (χ3v) is 3.69. The monoisotopic (exact) mass is 340 g/mol. The van der Waals surface area contributed by atoms with E-state index in [-0.39, 0.29) is 25.0 Å². The second-order valence-electron chi connectivity index (χ2n) is 6.17. The predicted octanol–water partition coefficient (Wildman–Crippen LogP) is 3.25. The third kappa shape index (κ3) is 5.95. The van der Waals surface area contributed by atoms with Crippen LogP contribution in [0.2, 0.25) is 0 Å². The standard InChI is InChI=1S/C20H24N2O3/c1-14(2)17-6-4-5-7-18(17)22-19(23)12-21-20(24)13-25-16-10-8-15(3)9-11-16/h4-11,14H,12-13H2,1-3H3,(H,21,24)(H,22,23). The maximum Gasteiger partial charge on any atom is 0.258 e. The van der Waals surface area contributed by atoms with Crippen molar-refractivity contribution in [2.24, 2.45) is 0 Å². The molecule has 2 N–H and O–H groups in total. The van der Waals surface area contributed by atoms with Gasteiger partial charge in [-0.05, 0) is 36.6 Å². The Labute approximate surface area is 148 Å². The average molecular weight is 340 g/mol. The Balaban J connectivity index is 1.78. The van der Waals surface area contributed by atoms with Gasteiger partial charge in [0.25, 0.3) is 5.91 Å². The molecule has 0 heterocycles. The highest BCUT2D eigenvalue weighted by atomic mass is 16.5. The fraction of sp³-hybridized carbons (Fsp3) is 0.300. The lowest BCUT2D eigenvalue weighted by atomic mass is 10.0. The van der Waals surface area contributed by atoms with Crippen LogP contribution in [-0.2, 0) is 9.59 Å². The molecule has 2 aromatic rings. The SMILES string of the molecule is Cc1ccc(OCC(=O)NCC(=O)Nc2ccccc2C(C)C)cc1. The summed E-state index contributed by atoms with van der Waals surface area (Å²) in [6.45, 7) is 5.89. The Kier molecular flexibility index (Phi) is 6.57. The van der Waals surface area contributed by atoms with Crippen LogP contribution in [0.4, 0.5) is 5.69 Å². The number of nitrogens with one attached hydrogen (secondary N) is 2. The van der Waals surface area contributed by atoms with E-state index in [9.17, 15) is 9.59 Å². The highest BCUT2D eigenvalue weighted by Gasteiger charge is 2.10. The van der Waals surface area contributed by atoms with Gasteiger partial charge in [-0.15, -0.1) is 0 Å². The van der Waals surface area contributed by atoms with Gasteiger partial charge >= 0.3 is 0 Å². The number of ether oxygens (including phenoxy) is 1. The van der Waals surface area contributed by atoms with E-state index in [4.69, 9.17) is 4.74 Å². The van der Waals surface area contributed by atoms with E-state index < -0.39 is 0 Å². The van der Waals surface area contributed by atoms with E-state index in [1.807, 2.05) is 43.3 Å². The van der Waals surface area contributed by atoms with Gasteiger partial charge in [0.05, 0.1) is 6.54 Å². The first kappa shape index (κ1) is 18.5. The molecule has 132 valence electrons. The zero-order valence-corrected chi connectivity index (χ0v) is 14.8. The van der Waals surface area contributed by atoms with E-state index in [0.717, 1.165) is 16.8 Å². The zero-order valence-electron chi connectivity index (χ0n) is 14.8. The molecule has 0 spiro atoms. The van der Waals surface area contributed by atoms with Crippen molar-refractivity contribution in [3.63, 3.8) is 0 Å². The number of anilines is 1. The zero-order chi connectivity index (χ0) is 18.2. The van der Waals surface area contributed by atoms with Crippen LogP contribution in [0, 0.1) is 6.92 Å². The maximum atomic E-state index is 12.0. The fourth-order valence-electron chi connectivity index (χ4n) is 2.32. The molecule has 0 fully saturated rings. The van der Waals surface area contributed by atoms with Gasteiger partial charge in [0, 0.05) is 5.69 Å². The normalized spacial score (nSPS) is 10.4. The Hall–Kier alpha value is -2.82. The summed E-state index contributed by atoms with van der Waals surface area (Å²) >= 11 is 0. The number of hydrogen-bond acceptors (Lipinski definition) is 3. The van der Waals surface area contributed by atoms with Crippen LogP contribution >= 0.6 is 0 Å². The van der Waals surface area contributed by atoms with Crippen molar-refractivity contribution in [2.75, 3.05) is 18.5 Å². The summed E-state index contributed by atoms with van der Waals surface area (Å²) in [6, 6.07) is 15.1. The molecule has 2 amide bonds. The van der Waals surface area contributed by atoms with Crippen molar-refractivity contribution in [3.05, 3.63) is 59.7 Å². The van der Waals surface area contributed by atoms with Gasteiger partial charge in [0.2, 0.25) is 5.91 Å². The molecule has 0 saturated heterocycles. The Morgan fingerprint density at radius 1 is 1.00 bits per heavy atom. The minimum absolute atomic E-state index is 0.0947. The molecule has 0 aliphatic carbocycles. The van der Waals surface area contributed by atoms with Crippen LogP contribution in [-0.4, -0.2) is 25.0 Å². The molecule has 0 atom stereocenters. The Morgan fingerprint density at radius 3 is 2.36 bits per heavy atom. The molecule has 5 heteroatoms. The summed E-state index contributed by atoms with van der Waals surface area (Å²) < 4.78 is 5.38. The van der Waals surface area contributed by atoms with E-state index in [0.29, 0.717) is 11.7 Å². The maximum absolute atomic E-state index is 12.0. The topological polar surface area (TPSA) is 67.4 Å². The minimum atomic E-state index is -0.340. The number of amides is 2. The lowest BCUT2D eigenvalue weighted by Gasteiger charge is -2.14. The van der Waals surface area contributed by atoms with Crippen molar-refractivity contribution in [1.82, 2.24) is 5.32 Å². The van der Waals surface area contributed by atoms with Gasteiger partial charge in [0.15, 0.2) is 6.61 Å². The summed E-state index contributed by atoms with van der Waals surface area (Å²) in [4.78, 5) is 23.8. The van der Waals surface area contributed by atoms with Crippen LogP contribution in [0.1, 0.15) is 30.9 Å². The summed E-state index contributed by atoms with van der Waals surface area (Å²) in [6.07, 6.45) is 0. The first-order chi connectivity index (χ1) is 12.0. The highest BCUT2D eigenvalue weighted by molar-refractivity contribution is 5.95. The predicted molar refractivity (Wildman–Crippen MR) is 98.8 cm³/mol. The lowest BCUT2D eigenvalue weighted by Crippen LogP contribution is -2.35. The first-order valence-corrected chi connectivity index (χ1v) is 8.30. The van der Waals surface area contributed by atoms with E-state index in [1.165, 1.54) is 0 Å². The summed E-state index contributed by atoms with van der Waals surface area (Å²) in [5.41, 5.74) is 2.95. The summed E-state index contributed by atoms with van der Waals surface area (Å²) in [7, 11) is 0. The van der Waals surface area contributed by atoms with E-state index >= 15 is 0 Å². The van der Waals surface area contributed by atoms with E-state index in [1.54, 1.807) is 12.1 Å². The van der Waals surface area contributed by atoms with Gasteiger partial charge in [-0.25, -0.2) is 0 Å². The van der Waals surface area contributed by atoms with Gasteiger partial charge < -0.3 is 15.4 Å². The van der Waals surface area contributed by atoms with Crippen molar-refractivity contribution in [2.45, 2.75) is 26.7 Å². The molecule has 0 unspecified atom stereocenters. The van der Waals surface area contributed by atoms with Crippen molar-refractivity contribution in [1.29, 1.82) is 0 Å². The molecule has 0 aromatic heterocycles. The molecule has 0 radical (unpaired) electrons. The molecule has 0 aliphatic rings.